The Morgan fingerprint density at radius 3 is 2.55 bits per heavy atom. The summed E-state index contributed by atoms with van der Waals surface area (Å²) >= 11 is 0. The van der Waals surface area contributed by atoms with Crippen LogP contribution in [0.2, 0.25) is 0 Å². The van der Waals surface area contributed by atoms with Crippen LogP contribution in [0.5, 0.6) is 0 Å². The Bertz CT molecular complexity index is 724. The van der Waals surface area contributed by atoms with E-state index >= 15 is 0 Å². The lowest BCUT2D eigenvalue weighted by Crippen LogP contribution is -2.61. The molecular formula is C15H15N4O3+. The van der Waals surface area contributed by atoms with E-state index in [1.54, 1.807) is 35.9 Å². The van der Waals surface area contributed by atoms with Crippen molar-refractivity contribution in [3.8, 4) is 0 Å². The second-order valence-electron chi connectivity index (χ2n) is 5.21. The smallest absolute Gasteiger partial charge is 0.290 e. The monoisotopic (exact) mass is 299 g/mol. The summed E-state index contributed by atoms with van der Waals surface area (Å²) in [5, 5.41) is 0. The van der Waals surface area contributed by atoms with E-state index in [4.69, 9.17) is 0 Å². The van der Waals surface area contributed by atoms with Gasteiger partial charge in [0.2, 0.25) is 5.78 Å². The van der Waals surface area contributed by atoms with Gasteiger partial charge < -0.3 is 0 Å². The van der Waals surface area contributed by atoms with Crippen LogP contribution >= 0.6 is 0 Å². The van der Waals surface area contributed by atoms with E-state index in [9.17, 15) is 14.4 Å². The van der Waals surface area contributed by atoms with Crippen molar-refractivity contribution in [1.29, 1.82) is 0 Å². The predicted octanol–water partition coefficient (Wildman–Crippen LogP) is 0.215. The molecule has 2 aliphatic heterocycles. The molecule has 1 atom stereocenters. The van der Waals surface area contributed by atoms with Crippen molar-refractivity contribution in [2.45, 2.75) is 6.04 Å². The molecular weight excluding hydrogens is 284 g/mol. The number of likely N-dealkylation sites (N-methyl/N-ethyl adjacent to an activating group) is 2. The highest BCUT2D eigenvalue weighted by atomic mass is 16.2. The Kier molecular flexibility index (Phi) is 3.32. The van der Waals surface area contributed by atoms with Gasteiger partial charge in [-0.15, -0.1) is 0 Å². The molecule has 1 aromatic rings. The van der Waals surface area contributed by atoms with Crippen molar-refractivity contribution in [1.82, 2.24) is 9.80 Å². The van der Waals surface area contributed by atoms with E-state index in [1.165, 1.54) is 18.3 Å². The average molecular weight is 299 g/mol. The highest BCUT2D eigenvalue weighted by Gasteiger charge is 2.50. The largest absolute Gasteiger partial charge is 0.333 e. The summed E-state index contributed by atoms with van der Waals surface area (Å²) in [6.45, 7) is 0.0310. The summed E-state index contributed by atoms with van der Waals surface area (Å²) in [6.07, 6.45) is 1.45. The molecule has 3 amide bonds. The van der Waals surface area contributed by atoms with Gasteiger partial charge in [-0.25, -0.2) is 9.37 Å². The molecule has 7 heteroatoms. The molecule has 3 rings (SSSR count). The number of urea groups is 1. The molecule has 1 saturated heterocycles. The van der Waals surface area contributed by atoms with Gasteiger partial charge in [0, 0.05) is 19.7 Å². The lowest BCUT2D eigenvalue weighted by Gasteiger charge is -2.30. The fourth-order valence-corrected chi connectivity index (χ4v) is 2.56. The van der Waals surface area contributed by atoms with E-state index in [0.29, 0.717) is 11.4 Å². The van der Waals surface area contributed by atoms with Crippen molar-refractivity contribution in [3.05, 3.63) is 35.9 Å². The van der Waals surface area contributed by atoms with Crippen LogP contribution in [-0.4, -0.2) is 71.0 Å². The number of nitrogens with zero attached hydrogens (tertiary/aromatic N) is 4. The minimum absolute atomic E-state index is 0.0310. The van der Waals surface area contributed by atoms with Gasteiger partial charge in [0.1, 0.15) is 6.54 Å². The van der Waals surface area contributed by atoms with Crippen LogP contribution in [0.15, 0.2) is 35.3 Å². The molecule has 1 fully saturated rings. The summed E-state index contributed by atoms with van der Waals surface area (Å²) < 4.78 is 1.56. The molecule has 22 heavy (non-hydrogen) atoms. The maximum Gasteiger partial charge on any atom is 0.333 e. The van der Waals surface area contributed by atoms with Crippen molar-refractivity contribution in [2.24, 2.45) is 4.99 Å². The zero-order valence-corrected chi connectivity index (χ0v) is 12.3. The highest BCUT2D eigenvalue weighted by Crippen LogP contribution is 2.17. The number of rotatable bonds is 3. The van der Waals surface area contributed by atoms with Crippen LogP contribution in [0.3, 0.4) is 0 Å². The Hall–Kier alpha value is -2.83. The molecule has 1 unspecified atom stereocenters. The van der Waals surface area contributed by atoms with Crippen LogP contribution in [0, 0.1) is 0 Å². The molecule has 1 aromatic carbocycles. The van der Waals surface area contributed by atoms with Crippen molar-refractivity contribution in [2.75, 3.05) is 20.6 Å². The average Bonchev–Trinajstić information content (AvgIpc) is 2.95. The Morgan fingerprint density at radius 1 is 1.18 bits per heavy atom. The fraction of sp³-hybridized carbons (Fsp3) is 0.267. The standard InChI is InChI=1S/C15H15N4O3/c1-17-13-12(14(21)18(2)15(17)22)19(9-16-13)8-11(20)10-6-4-3-5-7-10/h3-7,9,12H,8H2,1-2H3/q+1. The number of Topliss-reactive ketones (excluding diaryl/α,β-unsaturated/α-hetero) is 1. The predicted molar refractivity (Wildman–Crippen MR) is 79.1 cm³/mol. The Labute approximate surface area is 127 Å². The summed E-state index contributed by atoms with van der Waals surface area (Å²) in [5.74, 6) is -0.131. The molecule has 0 bridgehead atoms. The molecule has 2 aliphatic rings. The van der Waals surface area contributed by atoms with Gasteiger partial charge in [-0.3, -0.25) is 19.4 Å². The van der Waals surface area contributed by atoms with Crippen LogP contribution in [0.25, 0.3) is 0 Å². The number of imide groups is 1. The maximum atomic E-state index is 12.3. The van der Waals surface area contributed by atoms with E-state index in [2.05, 4.69) is 4.99 Å². The topological polar surface area (TPSA) is 73.1 Å². The van der Waals surface area contributed by atoms with Crippen LogP contribution < -0.4 is 0 Å². The van der Waals surface area contributed by atoms with Gasteiger partial charge >= 0.3 is 6.03 Å². The maximum absolute atomic E-state index is 12.3. The molecule has 0 saturated carbocycles. The number of benzene rings is 1. The molecule has 7 nitrogen and oxygen atoms in total. The third kappa shape index (κ3) is 2.11. The Balaban J connectivity index is 1.82. The van der Waals surface area contributed by atoms with Gasteiger partial charge in [0.25, 0.3) is 24.1 Å². The second kappa shape index (κ2) is 5.18. The number of ketones is 1. The first-order valence-corrected chi connectivity index (χ1v) is 6.81. The van der Waals surface area contributed by atoms with Gasteiger partial charge in [-0.05, 0) is 4.99 Å². The zero-order valence-electron chi connectivity index (χ0n) is 12.3. The van der Waals surface area contributed by atoms with E-state index < -0.39 is 12.1 Å². The molecule has 0 aliphatic carbocycles. The lowest BCUT2D eigenvalue weighted by molar-refractivity contribution is -0.518. The van der Waals surface area contributed by atoms with Crippen molar-refractivity contribution in [3.63, 3.8) is 0 Å². The third-order valence-corrected chi connectivity index (χ3v) is 3.82. The molecule has 2 heterocycles. The Morgan fingerprint density at radius 2 is 1.86 bits per heavy atom. The van der Waals surface area contributed by atoms with E-state index in [0.717, 1.165) is 4.90 Å². The molecule has 112 valence electrons. The minimum Gasteiger partial charge on any atom is -0.290 e. The highest BCUT2D eigenvalue weighted by molar-refractivity contribution is 6.21. The quantitative estimate of drug-likeness (QED) is 0.592. The first kappa shape index (κ1) is 14.1. The molecule has 0 N–H and O–H groups in total. The van der Waals surface area contributed by atoms with Gasteiger partial charge in [-0.2, -0.15) is 0 Å². The van der Waals surface area contributed by atoms with Crippen molar-refractivity contribution >= 4 is 29.9 Å². The molecule has 0 spiro atoms. The normalized spacial score (nSPS) is 20.7. The second-order valence-corrected chi connectivity index (χ2v) is 5.21. The summed E-state index contributed by atoms with van der Waals surface area (Å²) in [6, 6.07) is 7.71. The van der Waals surface area contributed by atoms with Crippen molar-refractivity contribution < 1.29 is 19.0 Å². The first-order chi connectivity index (χ1) is 10.5. The van der Waals surface area contributed by atoms with Gasteiger partial charge in [0.15, 0.2) is 0 Å². The van der Waals surface area contributed by atoms with Gasteiger partial charge in [0.05, 0.1) is 0 Å². The first-order valence-electron chi connectivity index (χ1n) is 6.81. The summed E-state index contributed by atoms with van der Waals surface area (Å²) in [7, 11) is 2.99. The SMILES string of the molecule is CN1C(=O)C2C(=NC=[N+]2CC(=O)c2ccccc2)N(C)C1=O. The molecule has 0 radical (unpaired) electrons. The fourth-order valence-electron chi connectivity index (χ4n) is 2.56. The summed E-state index contributed by atoms with van der Waals surface area (Å²) in [4.78, 5) is 43.0. The third-order valence-electron chi connectivity index (χ3n) is 3.82. The number of amidine groups is 1. The van der Waals surface area contributed by atoms with Crippen LogP contribution in [-0.2, 0) is 4.79 Å². The van der Waals surface area contributed by atoms with Crippen LogP contribution in [0.4, 0.5) is 4.79 Å². The van der Waals surface area contributed by atoms with Crippen LogP contribution in [0.1, 0.15) is 10.4 Å². The summed E-state index contributed by atoms with van der Waals surface area (Å²) in [5.41, 5.74) is 0.574. The number of fused-ring (bicyclic) bond motifs is 1. The zero-order chi connectivity index (χ0) is 15.9. The number of carbonyl (C=O) groups is 3. The number of hydrogen-bond donors (Lipinski definition) is 0. The van der Waals surface area contributed by atoms with E-state index in [1.807, 2.05) is 6.07 Å². The molecule has 0 aromatic heterocycles. The van der Waals surface area contributed by atoms with E-state index in [-0.39, 0.29) is 18.2 Å². The number of amides is 3. The van der Waals surface area contributed by atoms with Gasteiger partial charge in [-0.1, -0.05) is 30.3 Å². The lowest BCUT2D eigenvalue weighted by atomic mass is 10.1. The number of aliphatic imine (C=N–C) groups is 1. The number of hydrogen-bond acceptors (Lipinski definition) is 4. The minimum atomic E-state index is -0.722. The number of carbonyl (C=O) groups excluding carboxylic acids is 3.